The Bertz CT molecular complexity index is 618. The van der Waals surface area contributed by atoms with E-state index in [1.807, 2.05) is 0 Å². The SMILES string of the molecule is CCC(CC)(c1cccc(C(=O)O)c1[N+](=O)[O-])P(=O)(O)O. The van der Waals surface area contributed by atoms with E-state index in [4.69, 9.17) is 5.11 Å². The van der Waals surface area contributed by atoms with Gasteiger partial charge in [0.15, 0.2) is 0 Å². The second-order valence-electron chi connectivity index (χ2n) is 4.55. The van der Waals surface area contributed by atoms with Gasteiger partial charge in [0.25, 0.3) is 5.69 Å². The van der Waals surface area contributed by atoms with Gasteiger partial charge in [-0.3, -0.25) is 14.7 Å². The van der Waals surface area contributed by atoms with Crippen LogP contribution >= 0.6 is 7.60 Å². The standard InChI is InChI=1S/C12H16NO7P/c1-3-12(4-2,21(18,19)20)9-7-5-6-8(11(14)15)10(9)13(16)17/h5-7H,3-4H2,1-2H3,(H,14,15)(H2,18,19,20). The normalized spacial score (nSPS) is 12.2. The maximum atomic E-state index is 11.9. The van der Waals surface area contributed by atoms with E-state index in [9.17, 15) is 29.3 Å². The van der Waals surface area contributed by atoms with Crippen molar-refractivity contribution in [3.05, 3.63) is 39.4 Å². The summed E-state index contributed by atoms with van der Waals surface area (Å²) in [7, 11) is -4.74. The summed E-state index contributed by atoms with van der Waals surface area (Å²) in [5.74, 6) is -1.52. The van der Waals surface area contributed by atoms with Gasteiger partial charge >= 0.3 is 13.6 Å². The monoisotopic (exact) mass is 317 g/mol. The van der Waals surface area contributed by atoms with E-state index < -0.39 is 34.9 Å². The molecule has 0 radical (unpaired) electrons. The molecular formula is C12H16NO7P. The summed E-state index contributed by atoms with van der Waals surface area (Å²) in [6, 6.07) is 3.50. The molecule has 0 spiro atoms. The van der Waals surface area contributed by atoms with Crippen LogP contribution in [0.25, 0.3) is 0 Å². The van der Waals surface area contributed by atoms with E-state index in [1.54, 1.807) is 0 Å². The minimum absolute atomic E-state index is 0.0578. The number of nitrogens with zero attached hydrogens (tertiary/aromatic N) is 1. The van der Waals surface area contributed by atoms with Crippen LogP contribution in [0, 0.1) is 10.1 Å². The van der Waals surface area contributed by atoms with E-state index in [0.29, 0.717) is 0 Å². The molecule has 1 aromatic carbocycles. The molecule has 0 atom stereocenters. The zero-order chi connectivity index (χ0) is 16.4. The van der Waals surface area contributed by atoms with Crippen molar-refractivity contribution in [3.63, 3.8) is 0 Å². The van der Waals surface area contributed by atoms with Crippen molar-refractivity contribution in [1.29, 1.82) is 0 Å². The molecule has 3 N–H and O–H groups in total. The fraction of sp³-hybridized carbons (Fsp3) is 0.417. The number of benzene rings is 1. The number of carboxylic acids is 1. The predicted octanol–water partition coefficient (Wildman–Crippen LogP) is 2.49. The van der Waals surface area contributed by atoms with Crippen LogP contribution < -0.4 is 0 Å². The molecular weight excluding hydrogens is 301 g/mol. The lowest BCUT2D eigenvalue weighted by atomic mass is 9.89. The van der Waals surface area contributed by atoms with Crippen LogP contribution in [0.5, 0.6) is 0 Å². The number of para-hydroxylation sites is 1. The summed E-state index contributed by atoms with van der Waals surface area (Å²) in [6.07, 6.45) is -0.116. The summed E-state index contributed by atoms with van der Waals surface area (Å²) in [5.41, 5.74) is -1.60. The molecule has 0 fully saturated rings. The maximum Gasteiger partial charge on any atom is 0.342 e. The largest absolute Gasteiger partial charge is 0.477 e. The van der Waals surface area contributed by atoms with Gasteiger partial charge in [-0.2, -0.15) is 0 Å². The molecule has 1 aromatic rings. The van der Waals surface area contributed by atoms with Gasteiger partial charge in [-0.15, -0.1) is 0 Å². The molecule has 0 saturated carbocycles. The van der Waals surface area contributed by atoms with Crippen molar-refractivity contribution < 1.29 is 29.2 Å². The third-order valence-electron chi connectivity index (χ3n) is 3.68. The molecule has 0 amide bonds. The molecule has 0 saturated heterocycles. The number of rotatable bonds is 6. The molecule has 0 aliphatic heterocycles. The van der Waals surface area contributed by atoms with Gasteiger partial charge in [0, 0.05) is 5.56 Å². The van der Waals surface area contributed by atoms with E-state index in [0.717, 1.165) is 6.07 Å². The van der Waals surface area contributed by atoms with Gasteiger partial charge in [-0.05, 0) is 18.9 Å². The Morgan fingerprint density at radius 3 is 2.19 bits per heavy atom. The summed E-state index contributed by atoms with van der Waals surface area (Å²) in [4.78, 5) is 40.8. The molecule has 0 aliphatic rings. The quantitative estimate of drug-likeness (QED) is 0.416. The third kappa shape index (κ3) is 2.83. The third-order valence-corrected chi connectivity index (χ3v) is 5.67. The second kappa shape index (κ2) is 5.93. The van der Waals surface area contributed by atoms with Crippen LogP contribution in [0.4, 0.5) is 5.69 Å². The van der Waals surface area contributed by atoms with E-state index in [-0.39, 0.29) is 18.4 Å². The van der Waals surface area contributed by atoms with Crippen molar-refractivity contribution in [1.82, 2.24) is 0 Å². The highest BCUT2D eigenvalue weighted by Gasteiger charge is 2.49. The number of hydrogen-bond acceptors (Lipinski definition) is 4. The Morgan fingerprint density at radius 1 is 1.33 bits per heavy atom. The highest BCUT2D eigenvalue weighted by Crippen LogP contribution is 2.62. The molecule has 9 heteroatoms. The Balaban J connectivity index is 3.84. The van der Waals surface area contributed by atoms with Gasteiger partial charge in [0.2, 0.25) is 0 Å². The van der Waals surface area contributed by atoms with Crippen LogP contribution in [0.1, 0.15) is 42.6 Å². The highest BCUT2D eigenvalue weighted by atomic mass is 31.2. The lowest BCUT2D eigenvalue weighted by Gasteiger charge is -2.32. The van der Waals surface area contributed by atoms with Crippen LogP contribution in [-0.2, 0) is 9.72 Å². The Hall–Kier alpha value is -1.76. The summed E-state index contributed by atoms with van der Waals surface area (Å²) < 4.78 is 11.9. The number of nitro groups is 1. The predicted molar refractivity (Wildman–Crippen MR) is 74.4 cm³/mol. The fourth-order valence-electron chi connectivity index (χ4n) is 2.49. The van der Waals surface area contributed by atoms with Gasteiger partial charge in [-0.25, -0.2) is 4.79 Å². The Kier molecular flexibility index (Phi) is 4.88. The average Bonchev–Trinajstić information content (AvgIpc) is 2.38. The number of aromatic carboxylic acids is 1. The number of carbonyl (C=O) groups is 1. The first-order valence-corrected chi connectivity index (χ1v) is 7.80. The first-order chi connectivity index (χ1) is 9.62. The molecule has 0 heterocycles. The van der Waals surface area contributed by atoms with Gasteiger partial charge in [-0.1, -0.05) is 26.0 Å². The van der Waals surface area contributed by atoms with Crippen molar-refractivity contribution in [2.45, 2.75) is 31.8 Å². The second-order valence-corrected chi connectivity index (χ2v) is 6.49. The van der Waals surface area contributed by atoms with Gasteiger partial charge in [0.1, 0.15) is 10.7 Å². The minimum atomic E-state index is -4.74. The van der Waals surface area contributed by atoms with E-state index in [2.05, 4.69) is 0 Å². The smallest absolute Gasteiger partial charge is 0.342 e. The topological polar surface area (TPSA) is 138 Å². The number of carboxylic acid groups (broad SMARTS) is 1. The lowest BCUT2D eigenvalue weighted by Crippen LogP contribution is -2.26. The zero-order valence-electron chi connectivity index (χ0n) is 11.5. The highest BCUT2D eigenvalue weighted by molar-refractivity contribution is 7.53. The molecule has 0 aromatic heterocycles. The maximum absolute atomic E-state index is 11.9. The molecule has 116 valence electrons. The Labute approximate surface area is 120 Å². The average molecular weight is 317 g/mol. The first kappa shape index (κ1) is 17.3. The molecule has 0 unspecified atom stereocenters. The number of nitro benzene ring substituents is 1. The van der Waals surface area contributed by atoms with Crippen molar-refractivity contribution in [2.24, 2.45) is 0 Å². The van der Waals surface area contributed by atoms with Crippen molar-refractivity contribution in [3.8, 4) is 0 Å². The number of hydrogen-bond donors (Lipinski definition) is 3. The molecule has 1 rings (SSSR count). The zero-order valence-corrected chi connectivity index (χ0v) is 12.4. The van der Waals surface area contributed by atoms with E-state index in [1.165, 1.54) is 26.0 Å². The summed E-state index contributed by atoms with van der Waals surface area (Å²) in [5, 5.41) is 18.5. The van der Waals surface area contributed by atoms with Crippen LogP contribution in [0.2, 0.25) is 0 Å². The van der Waals surface area contributed by atoms with Gasteiger partial charge in [0.05, 0.1) is 4.92 Å². The van der Waals surface area contributed by atoms with E-state index >= 15 is 0 Å². The summed E-state index contributed by atoms with van der Waals surface area (Å²) >= 11 is 0. The summed E-state index contributed by atoms with van der Waals surface area (Å²) in [6.45, 7) is 3.00. The van der Waals surface area contributed by atoms with Gasteiger partial charge < -0.3 is 14.9 Å². The molecule has 0 bridgehead atoms. The molecule has 8 nitrogen and oxygen atoms in total. The van der Waals surface area contributed by atoms with Crippen LogP contribution in [0.3, 0.4) is 0 Å². The van der Waals surface area contributed by atoms with Crippen molar-refractivity contribution >= 4 is 19.3 Å². The molecule has 21 heavy (non-hydrogen) atoms. The fourth-order valence-corrected chi connectivity index (χ4v) is 3.81. The first-order valence-electron chi connectivity index (χ1n) is 6.19. The Morgan fingerprint density at radius 2 is 1.86 bits per heavy atom. The van der Waals surface area contributed by atoms with Crippen LogP contribution in [0.15, 0.2) is 18.2 Å². The minimum Gasteiger partial charge on any atom is -0.477 e. The lowest BCUT2D eigenvalue weighted by molar-refractivity contribution is -0.386. The van der Waals surface area contributed by atoms with Crippen molar-refractivity contribution in [2.75, 3.05) is 0 Å². The molecule has 0 aliphatic carbocycles. The van der Waals surface area contributed by atoms with Crippen LogP contribution in [-0.4, -0.2) is 25.8 Å².